The fourth-order valence-electron chi connectivity index (χ4n) is 1.14. The van der Waals surface area contributed by atoms with Crippen molar-refractivity contribution < 1.29 is 0 Å². The Labute approximate surface area is 95.5 Å². The van der Waals surface area contributed by atoms with Crippen molar-refractivity contribution >= 4 is 28.4 Å². The number of nitrogens with zero attached hydrogens (tertiary/aromatic N) is 2. The van der Waals surface area contributed by atoms with E-state index in [2.05, 4.69) is 32.6 Å². The van der Waals surface area contributed by atoms with Gasteiger partial charge in [-0.05, 0) is 40.8 Å². The molecule has 1 heterocycles. The van der Waals surface area contributed by atoms with E-state index in [-0.39, 0.29) is 0 Å². The molecule has 70 valence electrons. The van der Waals surface area contributed by atoms with Crippen LogP contribution in [0.25, 0.3) is 11.4 Å². The van der Waals surface area contributed by atoms with Crippen molar-refractivity contribution in [3.05, 3.63) is 40.1 Å². The molecule has 0 unspecified atom stereocenters. The number of benzene rings is 1. The highest BCUT2D eigenvalue weighted by molar-refractivity contribution is 14.1. The van der Waals surface area contributed by atoms with E-state index < -0.39 is 0 Å². The molecule has 1 aromatic carbocycles. The molecule has 0 fully saturated rings. The van der Waals surface area contributed by atoms with Gasteiger partial charge in [-0.1, -0.05) is 12.1 Å². The molecule has 1 aromatic heterocycles. The third kappa shape index (κ3) is 2.01. The van der Waals surface area contributed by atoms with Crippen LogP contribution in [-0.4, -0.2) is 9.97 Å². The Kier molecular flexibility index (Phi) is 2.62. The van der Waals surface area contributed by atoms with Crippen molar-refractivity contribution in [3.63, 3.8) is 0 Å². The minimum atomic E-state index is 0.494. The van der Waals surface area contributed by atoms with Crippen LogP contribution in [0.4, 0.5) is 5.82 Å². The summed E-state index contributed by atoms with van der Waals surface area (Å²) in [6.07, 6.45) is 1.66. The minimum absolute atomic E-state index is 0.494. The molecule has 14 heavy (non-hydrogen) atoms. The topological polar surface area (TPSA) is 51.8 Å². The number of nitrogen functional groups attached to an aromatic ring is 1. The average Bonchev–Trinajstić information content (AvgIpc) is 2.18. The maximum Gasteiger partial charge on any atom is 0.161 e. The first-order valence-electron chi connectivity index (χ1n) is 4.10. The van der Waals surface area contributed by atoms with E-state index in [1.807, 2.05) is 24.3 Å². The van der Waals surface area contributed by atoms with Gasteiger partial charge in [0, 0.05) is 15.3 Å². The molecule has 0 saturated heterocycles. The van der Waals surface area contributed by atoms with E-state index in [1.165, 1.54) is 0 Å². The first kappa shape index (κ1) is 9.39. The lowest BCUT2D eigenvalue weighted by atomic mass is 10.2. The second kappa shape index (κ2) is 3.91. The summed E-state index contributed by atoms with van der Waals surface area (Å²) >= 11 is 2.25. The number of nitrogens with two attached hydrogens (primary N) is 1. The fraction of sp³-hybridized carbons (Fsp3) is 0. The smallest absolute Gasteiger partial charge is 0.161 e. The SMILES string of the molecule is Nc1ccnc(-c2cccc(I)c2)n1. The Morgan fingerprint density at radius 1 is 1.21 bits per heavy atom. The van der Waals surface area contributed by atoms with Crippen molar-refractivity contribution in [2.24, 2.45) is 0 Å². The van der Waals surface area contributed by atoms with Gasteiger partial charge in [-0.3, -0.25) is 0 Å². The second-order valence-corrected chi connectivity index (χ2v) is 4.06. The van der Waals surface area contributed by atoms with Crippen molar-refractivity contribution in [1.82, 2.24) is 9.97 Å². The maximum absolute atomic E-state index is 5.58. The summed E-state index contributed by atoms with van der Waals surface area (Å²) in [7, 11) is 0. The number of anilines is 1. The highest BCUT2D eigenvalue weighted by Gasteiger charge is 2.00. The molecule has 0 aliphatic heterocycles. The van der Waals surface area contributed by atoms with Crippen LogP contribution in [0.5, 0.6) is 0 Å². The summed E-state index contributed by atoms with van der Waals surface area (Å²) in [5.74, 6) is 1.16. The van der Waals surface area contributed by atoms with E-state index in [0.717, 1.165) is 9.13 Å². The molecule has 2 rings (SSSR count). The van der Waals surface area contributed by atoms with Crippen LogP contribution < -0.4 is 5.73 Å². The molecule has 0 aliphatic carbocycles. The summed E-state index contributed by atoms with van der Waals surface area (Å²) < 4.78 is 1.16. The van der Waals surface area contributed by atoms with Crippen LogP contribution >= 0.6 is 22.6 Å². The molecule has 0 amide bonds. The molecular weight excluding hydrogens is 289 g/mol. The quantitative estimate of drug-likeness (QED) is 0.822. The number of hydrogen-bond acceptors (Lipinski definition) is 3. The van der Waals surface area contributed by atoms with Crippen molar-refractivity contribution in [1.29, 1.82) is 0 Å². The normalized spacial score (nSPS) is 10.1. The molecule has 0 radical (unpaired) electrons. The van der Waals surface area contributed by atoms with Gasteiger partial charge in [0.15, 0.2) is 5.82 Å². The molecule has 2 aromatic rings. The summed E-state index contributed by atoms with van der Waals surface area (Å²) in [4.78, 5) is 8.30. The summed E-state index contributed by atoms with van der Waals surface area (Å²) in [6.45, 7) is 0. The highest BCUT2D eigenvalue weighted by Crippen LogP contribution is 2.17. The lowest BCUT2D eigenvalue weighted by Crippen LogP contribution is -1.94. The van der Waals surface area contributed by atoms with Crippen LogP contribution in [-0.2, 0) is 0 Å². The van der Waals surface area contributed by atoms with Crippen molar-refractivity contribution in [3.8, 4) is 11.4 Å². The third-order valence-electron chi connectivity index (χ3n) is 1.76. The second-order valence-electron chi connectivity index (χ2n) is 2.82. The molecule has 0 saturated carbocycles. The number of aromatic nitrogens is 2. The predicted molar refractivity (Wildman–Crippen MR) is 64.6 cm³/mol. The Hall–Kier alpha value is -1.17. The lowest BCUT2D eigenvalue weighted by Gasteiger charge is -2.00. The molecule has 0 aliphatic rings. The van der Waals surface area contributed by atoms with Crippen molar-refractivity contribution in [2.45, 2.75) is 0 Å². The molecular formula is C10H8IN3. The zero-order valence-electron chi connectivity index (χ0n) is 7.31. The standard InChI is InChI=1S/C10H8IN3/c11-8-3-1-2-7(6-8)10-13-5-4-9(12)14-10/h1-6H,(H2,12,13,14). The van der Waals surface area contributed by atoms with E-state index >= 15 is 0 Å². The van der Waals surface area contributed by atoms with Crippen LogP contribution in [0.2, 0.25) is 0 Å². The van der Waals surface area contributed by atoms with Gasteiger partial charge in [-0.15, -0.1) is 0 Å². The highest BCUT2D eigenvalue weighted by atomic mass is 127. The Morgan fingerprint density at radius 3 is 2.79 bits per heavy atom. The Bertz CT molecular complexity index is 413. The summed E-state index contributed by atoms with van der Waals surface area (Å²) in [5, 5.41) is 0. The molecule has 0 bridgehead atoms. The van der Waals surface area contributed by atoms with Gasteiger partial charge >= 0.3 is 0 Å². The van der Waals surface area contributed by atoms with E-state index in [1.54, 1.807) is 12.3 Å². The van der Waals surface area contributed by atoms with Gasteiger partial charge < -0.3 is 5.73 Å². The summed E-state index contributed by atoms with van der Waals surface area (Å²) in [6, 6.07) is 9.67. The fourth-order valence-corrected chi connectivity index (χ4v) is 1.68. The van der Waals surface area contributed by atoms with E-state index in [0.29, 0.717) is 11.6 Å². The van der Waals surface area contributed by atoms with Crippen LogP contribution in [0.3, 0.4) is 0 Å². The van der Waals surface area contributed by atoms with Crippen LogP contribution in [0.15, 0.2) is 36.5 Å². The van der Waals surface area contributed by atoms with Gasteiger partial charge in [0.1, 0.15) is 5.82 Å². The Balaban J connectivity index is 2.49. The largest absolute Gasteiger partial charge is 0.384 e. The van der Waals surface area contributed by atoms with Gasteiger partial charge in [0.25, 0.3) is 0 Å². The lowest BCUT2D eigenvalue weighted by molar-refractivity contribution is 1.18. The first-order chi connectivity index (χ1) is 6.75. The molecule has 0 atom stereocenters. The molecule has 0 spiro atoms. The van der Waals surface area contributed by atoms with Crippen LogP contribution in [0.1, 0.15) is 0 Å². The Morgan fingerprint density at radius 2 is 2.07 bits per heavy atom. The maximum atomic E-state index is 5.58. The number of hydrogen-bond donors (Lipinski definition) is 1. The zero-order chi connectivity index (χ0) is 9.97. The predicted octanol–water partition coefficient (Wildman–Crippen LogP) is 2.33. The number of rotatable bonds is 1. The van der Waals surface area contributed by atoms with E-state index in [4.69, 9.17) is 5.73 Å². The van der Waals surface area contributed by atoms with Gasteiger partial charge in [-0.25, -0.2) is 9.97 Å². The van der Waals surface area contributed by atoms with Gasteiger partial charge in [-0.2, -0.15) is 0 Å². The third-order valence-corrected chi connectivity index (χ3v) is 2.43. The molecule has 4 heteroatoms. The number of halogens is 1. The van der Waals surface area contributed by atoms with Crippen molar-refractivity contribution in [2.75, 3.05) is 5.73 Å². The minimum Gasteiger partial charge on any atom is -0.384 e. The van der Waals surface area contributed by atoms with Gasteiger partial charge in [0.05, 0.1) is 0 Å². The van der Waals surface area contributed by atoms with Gasteiger partial charge in [0.2, 0.25) is 0 Å². The average molecular weight is 297 g/mol. The zero-order valence-corrected chi connectivity index (χ0v) is 9.47. The van der Waals surface area contributed by atoms with Crippen LogP contribution in [0, 0.1) is 3.57 Å². The first-order valence-corrected chi connectivity index (χ1v) is 5.18. The monoisotopic (exact) mass is 297 g/mol. The molecule has 2 N–H and O–H groups in total. The van der Waals surface area contributed by atoms with E-state index in [9.17, 15) is 0 Å². The molecule has 3 nitrogen and oxygen atoms in total. The summed E-state index contributed by atoms with van der Waals surface area (Å²) in [5.41, 5.74) is 6.57.